The van der Waals surface area contributed by atoms with Gasteiger partial charge in [0.05, 0.1) is 0 Å². The summed E-state index contributed by atoms with van der Waals surface area (Å²) in [5.74, 6) is -0.628. The zero-order chi connectivity index (χ0) is 12.9. The highest BCUT2D eigenvalue weighted by atomic mass is 16.4. The quantitative estimate of drug-likeness (QED) is 0.614. The first kappa shape index (κ1) is 11.1. The summed E-state index contributed by atoms with van der Waals surface area (Å²) in [6, 6.07) is 4.52. The lowest BCUT2D eigenvalue weighted by atomic mass is 9.95. The number of aromatic hydroxyl groups is 1. The lowest BCUT2D eigenvalue weighted by molar-refractivity contribution is -0.139. The van der Waals surface area contributed by atoms with Crippen LogP contribution in [-0.4, -0.2) is 27.2 Å². The second-order valence-electron chi connectivity index (χ2n) is 4.73. The fourth-order valence-corrected chi connectivity index (χ4v) is 2.66. The molecule has 0 unspecified atom stereocenters. The summed E-state index contributed by atoms with van der Waals surface area (Å²) in [6.07, 6.45) is 0.458. The molecule has 0 aliphatic carbocycles. The van der Waals surface area contributed by atoms with E-state index in [0.717, 1.165) is 22.2 Å². The lowest BCUT2D eigenvalue weighted by Crippen LogP contribution is -2.43. The van der Waals surface area contributed by atoms with E-state index in [1.165, 1.54) is 0 Å². The van der Waals surface area contributed by atoms with E-state index in [1.54, 1.807) is 12.1 Å². The van der Waals surface area contributed by atoms with E-state index in [-0.39, 0.29) is 11.8 Å². The Bertz CT molecular complexity index is 632. The van der Waals surface area contributed by atoms with Gasteiger partial charge in [0.2, 0.25) is 0 Å². The molecule has 1 aliphatic heterocycles. The van der Waals surface area contributed by atoms with Crippen LogP contribution in [0.5, 0.6) is 5.75 Å². The number of aromatic amines is 1. The third kappa shape index (κ3) is 1.55. The first-order chi connectivity index (χ1) is 8.56. The normalized spacial score (nSPS) is 22.9. The number of hydrogen-bond donors (Lipinski definition) is 4. The molecule has 5 nitrogen and oxygen atoms in total. The number of carboxylic acid groups (broad SMARTS) is 1. The molecule has 2 aromatic rings. The van der Waals surface area contributed by atoms with E-state index in [1.807, 2.05) is 13.0 Å². The molecule has 3 rings (SSSR count). The van der Waals surface area contributed by atoms with Crippen molar-refractivity contribution in [2.24, 2.45) is 0 Å². The third-order valence-electron chi connectivity index (χ3n) is 3.51. The third-order valence-corrected chi connectivity index (χ3v) is 3.51. The SMILES string of the molecule is C[C@H]1N[C@H](C(=O)O)Cc2c1[nH]c1cc(O)ccc21. The Morgan fingerprint density at radius 2 is 2.22 bits per heavy atom. The zero-order valence-electron chi connectivity index (χ0n) is 9.90. The van der Waals surface area contributed by atoms with Gasteiger partial charge >= 0.3 is 5.97 Å². The van der Waals surface area contributed by atoms with Crippen molar-refractivity contribution in [2.45, 2.75) is 25.4 Å². The fourth-order valence-electron chi connectivity index (χ4n) is 2.66. The molecule has 1 aromatic heterocycles. The first-order valence-electron chi connectivity index (χ1n) is 5.88. The van der Waals surface area contributed by atoms with Crippen LogP contribution in [0.2, 0.25) is 0 Å². The number of hydrogen-bond acceptors (Lipinski definition) is 3. The van der Waals surface area contributed by atoms with Crippen molar-refractivity contribution < 1.29 is 15.0 Å². The molecule has 0 bridgehead atoms. The minimum Gasteiger partial charge on any atom is -0.508 e. The number of phenols is 1. The van der Waals surface area contributed by atoms with Crippen molar-refractivity contribution >= 4 is 16.9 Å². The summed E-state index contributed by atoms with van der Waals surface area (Å²) in [5.41, 5.74) is 2.89. The first-order valence-corrected chi connectivity index (χ1v) is 5.88. The molecule has 0 fully saturated rings. The molecular formula is C13H14N2O3. The largest absolute Gasteiger partial charge is 0.508 e. The number of rotatable bonds is 1. The molecule has 0 radical (unpaired) electrons. The monoisotopic (exact) mass is 246 g/mol. The molecule has 0 amide bonds. The van der Waals surface area contributed by atoms with Crippen LogP contribution in [0.15, 0.2) is 18.2 Å². The van der Waals surface area contributed by atoms with Crippen LogP contribution in [-0.2, 0) is 11.2 Å². The van der Waals surface area contributed by atoms with Gasteiger partial charge in [0.1, 0.15) is 11.8 Å². The van der Waals surface area contributed by atoms with E-state index in [9.17, 15) is 9.90 Å². The molecule has 5 heteroatoms. The van der Waals surface area contributed by atoms with E-state index in [2.05, 4.69) is 10.3 Å². The van der Waals surface area contributed by atoms with Crippen molar-refractivity contribution in [1.82, 2.24) is 10.3 Å². The van der Waals surface area contributed by atoms with Gasteiger partial charge in [0, 0.05) is 35.1 Å². The number of phenolic OH excluding ortho intramolecular Hbond substituents is 1. The Balaban J connectivity index is 2.17. The van der Waals surface area contributed by atoms with Crippen LogP contribution in [0, 0.1) is 0 Å². The number of aliphatic carboxylic acids is 1. The number of benzene rings is 1. The molecule has 2 heterocycles. The fraction of sp³-hybridized carbons (Fsp3) is 0.308. The van der Waals surface area contributed by atoms with Crippen LogP contribution >= 0.6 is 0 Å². The molecule has 4 N–H and O–H groups in total. The van der Waals surface area contributed by atoms with Gasteiger partial charge in [0.25, 0.3) is 0 Å². The van der Waals surface area contributed by atoms with Crippen LogP contribution < -0.4 is 5.32 Å². The smallest absolute Gasteiger partial charge is 0.321 e. The Kier molecular flexibility index (Phi) is 2.31. The van der Waals surface area contributed by atoms with Gasteiger partial charge in [-0.1, -0.05) is 0 Å². The van der Waals surface area contributed by atoms with Crippen molar-refractivity contribution in [3.63, 3.8) is 0 Å². The van der Waals surface area contributed by atoms with Gasteiger partial charge in [-0.3, -0.25) is 10.1 Å². The lowest BCUT2D eigenvalue weighted by Gasteiger charge is -2.26. The minimum atomic E-state index is -0.833. The summed E-state index contributed by atoms with van der Waals surface area (Å²) < 4.78 is 0. The second kappa shape index (κ2) is 3.74. The topological polar surface area (TPSA) is 85.4 Å². The molecule has 2 atom stereocenters. The van der Waals surface area contributed by atoms with Gasteiger partial charge in [-0.25, -0.2) is 0 Å². The average Bonchev–Trinajstić information content (AvgIpc) is 2.67. The predicted molar refractivity (Wildman–Crippen MR) is 66.6 cm³/mol. The van der Waals surface area contributed by atoms with Crippen LogP contribution in [0.4, 0.5) is 0 Å². The number of H-pyrrole nitrogens is 1. The highest BCUT2D eigenvalue weighted by Crippen LogP contribution is 2.33. The Hall–Kier alpha value is -2.01. The summed E-state index contributed by atoms with van der Waals surface area (Å²) in [5, 5.41) is 22.6. The number of nitrogens with one attached hydrogen (secondary N) is 2. The standard InChI is InChI=1S/C13H14N2O3/c1-6-12-9(5-11(14-6)13(17)18)8-3-2-7(16)4-10(8)15-12/h2-4,6,11,14-16H,5H2,1H3,(H,17,18)/t6-,11+/m1/s1. The molecule has 0 spiro atoms. The van der Waals surface area contributed by atoms with E-state index in [4.69, 9.17) is 5.11 Å². The van der Waals surface area contributed by atoms with Gasteiger partial charge < -0.3 is 15.2 Å². The molecule has 0 saturated carbocycles. The Morgan fingerprint density at radius 3 is 2.94 bits per heavy atom. The maximum absolute atomic E-state index is 11.1. The van der Waals surface area contributed by atoms with Crippen LogP contribution in [0.3, 0.4) is 0 Å². The minimum absolute atomic E-state index is 0.0376. The summed E-state index contributed by atoms with van der Waals surface area (Å²) >= 11 is 0. The second-order valence-corrected chi connectivity index (χ2v) is 4.73. The predicted octanol–water partition coefficient (Wildman–Crippen LogP) is 1.53. The van der Waals surface area contributed by atoms with E-state index in [0.29, 0.717) is 6.42 Å². The van der Waals surface area contributed by atoms with Gasteiger partial charge in [-0.05, 0) is 24.6 Å². The van der Waals surface area contributed by atoms with E-state index >= 15 is 0 Å². The van der Waals surface area contributed by atoms with Crippen molar-refractivity contribution in [1.29, 1.82) is 0 Å². The summed E-state index contributed by atoms with van der Waals surface area (Å²) in [7, 11) is 0. The van der Waals surface area contributed by atoms with Crippen molar-refractivity contribution in [2.75, 3.05) is 0 Å². The number of carbonyl (C=O) groups is 1. The van der Waals surface area contributed by atoms with Crippen LogP contribution in [0.1, 0.15) is 24.2 Å². The van der Waals surface area contributed by atoms with Gasteiger partial charge in [-0.2, -0.15) is 0 Å². The molecule has 1 aliphatic rings. The molecule has 94 valence electrons. The number of aromatic nitrogens is 1. The van der Waals surface area contributed by atoms with Crippen molar-refractivity contribution in [3.05, 3.63) is 29.5 Å². The maximum Gasteiger partial charge on any atom is 0.321 e. The summed E-state index contributed by atoms with van der Waals surface area (Å²) in [4.78, 5) is 14.4. The molecule has 18 heavy (non-hydrogen) atoms. The highest BCUT2D eigenvalue weighted by Gasteiger charge is 2.30. The molecule has 1 aromatic carbocycles. The van der Waals surface area contributed by atoms with Crippen molar-refractivity contribution in [3.8, 4) is 5.75 Å². The maximum atomic E-state index is 11.1. The number of fused-ring (bicyclic) bond motifs is 3. The Labute approximate surface area is 103 Å². The number of carboxylic acids is 1. The highest BCUT2D eigenvalue weighted by molar-refractivity contribution is 5.87. The molecule has 0 saturated heterocycles. The van der Waals surface area contributed by atoms with E-state index < -0.39 is 12.0 Å². The molecular weight excluding hydrogens is 232 g/mol. The summed E-state index contributed by atoms with van der Waals surface area (Å²) in [6.45, 7) is 1.93. The van der Waals surface area contributed by atoms with Gasteiger partial charge in [0.15, 0.2) is 0 Å². The average molecular weight is 246 g/mol. The zero-order valence-corrected chi connectivity index (χ0v) is 9.90. The van der Waals surface area contributed by atoms with Crippen LogP contribution in [0.25, 0.3) is 10.9 Å². The van der Waals surface area contributed by atoms with Gasteiger partial charge in [-0.15, -0.1) is 0 Å². The Morgan fingerprint density at radius 1 is 1.44 bits per heavy atom.